The van der Waals surface area contributed by atoms with Gasteiger partial charge in [-0.05, 0) is 37.5 Å². The maximum Gasteiger partial charge on any atom is 0.188 e. The lowest BCUT2D eigenvalue weighted by Gasteiger charge is -2.02. The predicted octanol–water partition coefficient (Wildman–Crippen LogP) is 2.82. The summed E-state index contributed by atoms with van der Waals surface area (Å²) in [6.45, 7) is 7.00. The summed E-state index contributed by atoms with van der Waals surface area (Å²) in [5.74, 6) is 0.469. The van der Waals surface area contributed by atoms with Crippen LogP contribution < -0.4 is 11.1 Å². The molecule has 124 valence electrons. The van der Waals surface area contributed by atoms with Crippen LogP contribution in [0.15, 0.2) is 54.2 Å². The van der Waals surface area contributed by atoms with E-state index in [0.717, 1.165) is 24.2 Å². The van der Waals surface area contributed by atoms with E-state index in [-0.39, 0.29) is 24.0 Å². The van der Waals surface area contributed by atoms with E-state index in [2.05, 4.69) is 28.2 Å². The normalized spacial score (nSPS) is 10.9. The fourth-order valence-corrected chi connectivity index (χ4v) is 2.16. The predicted molar refractivity (Wildman–Crippen MR) is 107 cm³/mol. The van der Waals surface area contributed by atoms with E-state index < -0.39 is 0 Å². The Morgan fingerprint density at radius 2 is 2.13 bits per heavy atom. The Labute approximate surface area is 154 Å². The number of rotatable bonds is 7. The molecule has 0 fully saturated rings. The van der Waals surface area contributed by atoms with Crippen LogP contribution in [-0.2, 0) is 6.42 Å². The van der Waals surface area contributed by atoms with Crippen molar-refractivity contribution < 1.29 is 0 Å². The Morgan fingerprint density at radius 3 is 2.83 bits per heavy atom. The van der Waals surface area contributed by atoms with Gasteiger partial charge < -0.3 is 11.1 Å². The number of hydrogen-bond donors (Lipinski definition) is 2. The summed E-state index contributed by atoms with van der Waals surface area (Å²) in [4.78, 5) is 4.28. The van der Waals surface area contributed by atoms with Crippen LogP contribution in [0.3, 0.4) is 0 Å². The Morgan fingerprint density at radius 1 is 1.39 bits per heavy atom. The molecule has 0 radical (unpaired) electrons. The van der Waals surface area contributed by atoms with Crippen LogP contribution in [0.4, 0.5) is 0 Å². The lowest BCUT2D eigenvalue weighted by atomic mass is 10.1. The number of nitrogens with one attached hydrogen (secondary N) is 1. The van der Waals surface area contributed by atoms with Crippen LogP contribution in [0.2, 0.25) is 0 Å². The van der Waals surface area contributed by atoms with Gasteiger partial charge in [0.1, 0.15) is 0 Å². The van der Waals surface area contributed by atoms with Gasteiger partial charge in [0.15, 0.2) is 5.96 Å². The number of benzene rings is 1. The summed E-state index contributed by atoms with van der Waals surface area (Å²) in [5, 5.41) is 7.53. The quantitative estimate of drug-likeness (QED) is 0.236. The van der Waals surface area contributed by atoms with E-state index in [1.807, 2.05) is 41.9 Å². The van der Waals surface area contributed by atoms with Crippen molar-refractivity contribution in [3.63, 3.8) is 0 Å². The van der Waals surface area contributed by atoms with E-state index in [9.17, 15) is 0 Å². The van der Waals surface area contributed by atoms with Crippen molar-refractivity contribution >= 4 is 29.9 Å². The number of aliphatic imine (C=N–C) groups is 1. The van der Waals surface area contributed by atoms with Crippen LogP contribution in [0.5, 0.6) is 0 Å². The Kier molecular flexibility index (Phi) is 8.39. The first-order valence-corrected chi connectivity index (χ1v) is 7.46. The number of guanidine groups is 1. The first-order valence-electron chi connectivity index (χ1n) is 7.46. The van der Waals surface area contributed by atoms with Gasteiger partial charge in [0.25, 0.3) is 0 Å². The Balaban J connectivity index is 0.00000264. The molecule has 1 heterocycles. The zero-order valence-corrected chi connectivity index (χ0v) is 15.7. The van der Waals surface area contributed by atoms with Gasteiger partial charge in [0, 0.05) is 19.3 Å². The van der Waals surface area contributed by atoms with Crippen molar-refractivity contribution in [3.8, 4) is 5.69 Å². The number of halogens is 1. The number of nitrogens with two attached hydrogens (primary N) is 1. The standard InChI is InChI=1S/C17H23N5.HI/c1-3-11-19-17(18)20-12-7-8-15-13-22(21-14(15)2)16-9-5-4-6-10-16;/h3-6,9-10,13H,1,7-8,11-12H2,2H3,(H3,18,19,20);1H. The molecule has 0 aliphatic carbocycles. The number of para-hydroxylation sites is 1. The van der Waals surface area contributed by atoms with Crippen molar-refractivity contribution in [2.75, 3.05) is 13.1 Å². The van der Waals surface area contributed by atoms with E-state index in [0.29, 0.717) is 19.0 Å². The second-order valence-corrected chi connectivity index (χ2v) is 5.06. The molecule has 0 amide bonds. The second-order valence-electron chi connectivity index (χ2n) is 5.06. The molecule has 0 atom stereocenters. The molecule has 0 saturated carbocycles. The van der Waals surface area contributed by atoms with Gasteiger partial charge in [0.2, 0.25) is 0 Å². The van der Waals surface area contributed by atoms with Crippen molar-refractivity contribution in [1.29, 1.82) is 0 Å². The third-order valence-corrected chi connectivity index (χ3v) is 3.34. The summed E-state index contributed by atoms with van der Waals surface area (Å²) in [5.41, 5.74) is 9.11. The molecule has 5 nitrogen and oxygen atoms in total. The first kappa shape index (κ1) is 19.2. The molecule has 0 bridgehead atoms. The summed E-state index contributed by atoms with van der Waals surface area (Å²) < 4.78 is 1.92. The smallest absolute Gasteiger partial charge is 0.188 e. The molecule has 1 aromatic carbocycles. The molecule has 0 unspecified atom stereocenters. The minimum Gasteiger partial charge on any atom is -0.370 e. The van der Waals surface area contributed by atoms with Crippen LogP contribution >= 0.6 is 24.0 Å². The molecule has 2 aromatic rings. The van der Waals surface area contributed by atoms with E-state index in [1.54, 1.807) is 6.08 Å². The highest BCUT2D eigenvalue weighted by Gasteiger charge is 2.05. The number of aromatic nitrogens is 2. The van der Waals surface area contributed by atoms with E-state index in [4.69, 9.17) is 5.73 Å². The highest BCUT2D eigenvalue weighted by atomic mass is 127. The molecule has 2 rings (SSSR count). The minimum atomic E-state index is 0. The largest absolute Gasteiger partial charge is 0.370 e. The van der Waals surface area contributed by atoms with Gasteiger partial charge in [-0.15, -0.1) is 30.6 Å². The summed E-state index contributed by atoms with van der Waals surface area (Å²) in [6, 6.07) is 10.1. The monoisotopic (exact) mass is 425 g/mol. The van der Waals surface area contributed by atoms with Gasteiger partial charge in [0.05, 0.1) is 11.4 Å². The van der Waals surface area contributed by atoms with Crippen LogP contribution in [-0.4, -0.2) is 28.8 Å². The van der Waals surface area contributed by atoms with Crippen molar-refractivity contribution in [2.45, 2.75) is 19.8 Å². The van der Waals surface area contributed by atoms with Crippen LogP contribution in [0.1, 0.15) is 17.7 Å². The second kappa shape index (κ2) is 10.0. The maximum atomic E-state index is 5.72. The van der Waals surface area contributed by atoms with Gasteiger partial charge >= 0.3 is 0 Å². The van der Waals surface area contributed by atoms with Gasteiger partial charge in [-0.1, -0.05) is 24.3 Å². The van der Waals surface area contributed by atoms with Gasteiger partial charge in [-0.25, -0.2) is 4.68 Å². The first-order chi connectivity index (χ1) is 10.7. The lowest BCUT2D eigenvalue weighted by molar-refractivity contribution is 0.819. The number of hydrogen-bond acceptors (Lipinski definition) is 2. The molecule has 1 aromatic heterocycles. The number of aryl methyl sites for hydroxylation is 2. The molecule has 6 heteroatoms. The molecule has 0 spiro atoms. The van der Waals surface area contributed by atoms with Gasteiger partial charge in [-0.2, -0.15) is 5.10 Å². The van der Waals surface area contributed by atoms with E-state index >= 15 is 0 Å². The zero-order chi connectivity index (χ0) is 15.8. The Bertz CT molecular complexity index is 634. The van der Waals surface area contributed by atoms with Crippen molar-refractivity contribution in [1.82, 2.24) is 15.1 Å². The molecule has 0 aliphatic rings. The number of nitrogens with zero attached hydrogens (tertiary/aromatic N) is 3. The fourth-order valence-electron chi connectivity index (χ4n) is 2.16. The summed E-state index contributed by atoms with van der Waals surface area (Å²) >= 11 is 0. The molecular formula is C17H24IN5. The lowest BCUT2D eigenvalue weighted by Crippen LogP contribution is -2.31. The molecule has 3 N–H and O–H groups in total. The molecule has 23 heavy (non-hydrogen) atoms. The third kappa shape index (κ3) is 6.05. The SMILES string of the molecule is C=CCNC(N)=NCCCc1cn(-c2ccccc2)nc1C.I. The fraction of sp³-hybridized carbons (Fsp3) is 0.294. The molecular weight excluding hydrogens is 401 g/mol. The van der Waals surface area contributed by atoms with Crippen LogP contribution in [0.25, 0.3) is 5.69 Å². The van der Waals surface area contributed by atoms with Gasteiger partial charge in [-0.3, -0.25) is 4.99 Å². The minimum absolute atomic E-state index is 0. The molecule has 0 aliphatic heterocycles. The third-order valence-electron chi connectivity index (χ3n) is 3.34. The topological polar surface area (TPSA) is 68.2 Å². The van der Waals surface area contributed by atoms with Crippen molar-refractivity contribution in [2.24, 2.45) is 10.7 Å². The summed E-state index contributed by atoms with van der Waals surface area (Å²) in [7, 11) is 0. The molecule has 0 saturated heterocycles. The maximum absolute atomic E-state index is 5.72. The highest BCUT2D eigenvalue weighted by molar-refractivity contribution is 14.0. The average molecular weight is 425 g/mol. The van der Waals surface area contributed by atoms with Crippen LogP contribution in [0, 0.1) is 6.92 Å². The zero-order valence-electron chi connectivity index (χ0n) is 13.4. The van der Waals surface area contributed by atoms with E-state index in [1.165, 1.54) is 5.56 Å². The van der Waals surface area contributed by atoms with Crippen molar-refractivity contribution in [3.05, 3.63) is 60.4 Å². The highest BCUT2D eigenvalue weighted by Crippen LogP contribution is 2.13. The summed E-state index contributed by atoms with van der Waals surface area (Å²) in [6.07, 6.45) is 5.73. The average Bonchev–Trinajstić information content (AvgIpc) is 2.91. The Hall–Kier alpha value is -1.83.